The highest BCUT2D eigenvalue weighted by molar-refractivity contribution is 8.01. The van der Waals surface area contributed by atoms with Crippen LogP contribution in [0.5, 0.6) is 0 Å². The third-order valence-corrected chi connectivity index (χ3v) is 7.34. The minimum atomic E-state index is 0.000192. The van der Waals surface area contributed by atoms with Crippen LogP contribution in [0.1, 0.15) is 42.8 Å². The molecule has 0 aliphatic heterocycles. The van der Waals surface area contributed by atoms with Crippen LogP contribution in [-0.4, -0.2) is 21.9 Å². The molecule has 0 aliphatic carbocycles. The second-order valence-electron chi connectivity index (χ2n) is 6.25. The summed E-state index contributed by atoms with van der Waals surface area (Å²) in [5, 5.41) is 17.7. The molecule has 0 fully saturated rings. The molecule has 3 aromatic rings. The molecule has 0 saturated heterocycles. The standard InChI is InChI=1S/C20H24N4OS3/c1-4-14-8-6-9-15(5-2)18(14)22-19-23-24-20(28-19)27-12-17(25)21-13(3)16-10-7-11-26-16/h6-11,13H,4-5,12H2,1-3H3,(H,21,25)(H,22,23). The van der Waals surface area contributed by atoms with Crippen LogP contribution in [0.3, 0.4) is 0 Å². The molecular weight excluding hydrogens is 408 g/mol. The number of amides is 1. The smallest absolute Gasteiger partial charge is 0.230 e. The fraction of sp³-hybridized carbons (Fsp3) is 0.350. The zero-order chi connectivity index (χ0) is 19.9. The van der Waals surface area contributed by atoms with E-state index in [9.17, 15) is 4.79 Å². The lowest BCUT2D eigenvalue weighted by atomic mass is 10.0. The Kier molecular flexibility index (Phi) is 7.47. The van der Waals surface area contributed by atoms with Crippen LogP contribution >= 0.6 is 34.4 Å². The predicted octanol–water partition coefficient (Wildman–Crippen LogP) is 5.44. The van der Waals surface area contributed by atoms with Gasteiger partial charge >= 0.3 is 0 Å². The molecule has 1 atom stereocenters. The highest BCUT2D eigenvalue weighted by Crippen LogP contribution is 2.31. The van der Waals surface area contributed by atoms with Crippen molar-refractivity contribution in [2.75, 3.05) is 11.1 Å². The summed E-state index contributed by atoms with van der Waals surface area (Å²) in [5.41, 5.74) is 3.67. The highest BCUT2D eigenvalue weighted by Gasteiger charge is 2.14. The number of aromatic nitrogens is 2. The second kappa shape index (κ2) is 10.0. The summed E-state index contributed by atoms with van der Waals surface area (Å²) in [6, 6.07) is 10.4. The van der Waals surface area contributed by atoms with Gasteiger partial charge in [0.05, 0.1) is 11.8 Å². The quantitative estimate of drug-likeness (QED) is 0.441. The lowest BCUT2D eigenvalue weighted by Crippen LogP contribution is -2.27. The molecule has 2 heterocycles. The Morgan fingerprint density at radius 3 is 2.54 bits per heavy atom. The summed E-state index contributed by atoms with van der Waals surface area (Å²) < 4.78 is 0.786. The maximum absolute atomic E-state index is 12.2. The SMILES string of the molecule is CCc1cccc(CC)c1Nc1nnc(SCC(=O)NC(C)c2cccs2)s1. The number of nitrogens with zero attached hydrogens (tertiary/aromatic N) is 2. The van der Waals surface area contributed by atoms with Crippen LogP contribution < -0.4 is 10.6 Å². The highest BCUT2D eigenvalue weighted by atomic mass is 32.2. The van der Waals surface area contributed by atoms with Crippen LogP contribution in [0, 0.1) is 0 Å². The molecule has 0 saturated carbocycles. The van der Waals surface area contributed by atoms with Crippen LogP contribution in [-0.2, 0) is 17.6 Å². The van der Waals surface area contributed by atoms with E-state index in [0.29, 0.717) is 5.75 Å². The van der Waals surface area contributed by atoms with Crippen molar-refractivity contribution in [2.45, 2.75) is 44.0 Å². The van der Waals surface area contributed by atoms with Crippen LogP contribution in [0.25, 0.3) is 0 Å². The van der Waals surface area contributed by atoms with Gasteiger partial charge in [0.15, 0.2) is 4.34 Å². The summed E-state index contributed by atoms with van der Waals surface area (Å²) in [7, 11) is 0. The number of hydrogen-bond donors (Lipinski definition) is 2. The van der Waals surface area contributed by atoms with E-state index in [2.05, 4.69) is 52.9 Å². The number of para-hydroxylation sites is 1. The van der Waals surface area contributed by atoms with Gasteiger partial charge < -0.3 is 10.6 Å². The lowest BCUT2D eigenvalue weighted by Gasteiger charge is -2.13. The van der Waals surface area contributed by atoms with E-state index in [1.807, 2.05) is 24.4 Å². The molecule has 1 amide bonds. The van der Waals surface area contributed by atoms with Crippen molar-refractivity contribution >= 4 is 51.2 Å². The van der Waals surface area contributed by atoms with Crippen molar-refractivity contribution in [3.63, 3.8) is 0 Å². The number of nitrogens with one attached hydrogen (secondary N) is 2. The molecule has 28 heavy (non-hydrogen) atoms. The van der Waals surface area contributed by atoms with Gasteiger partial charge in [0.1, 0.15) is 0 Å². The average molecular weight is 433 g/mol. The summed E-state index contributed by atoms with van der Waals surface area (Å²) >= 11 is 4.54. The van der Waals surface area contributed by atoms with Crippen molar-refractivity contribution in [3.8, 4) is 0 Å². The Hall–Kier alpha value is -1.90. The number of thioether (sulfide) groups is 1. The van der Waals surface area contributed by atoms with E-state index >= 15 is 0 Å². The average Bonchev–Trinajstić information content (AvgIpc) is 3.38. The van der Waals surface area contributed by atoms with Crippen molar-refractivity contribution in [3.05, 3.63) is 51.7 Å². The molecule has 0 bridgehead atoms. The number of thiophene rings is 1. The topological polar surface area (TPSA) is 66.9 Å². The minimum absolute atomic E-state index is 0.000192. The number of carbonyl (C=O) groups excluding carboxylic acids is 1. The zero-order valence-corrected chi connectivity index (χ0v) is 18.6. The molecule has 1 aromatic carbocycles. The molecule has 5 nitrogen and oxygen atoms in total. The van der Waals surface area contributed by atoms with E-state index in [1.165, 1.54) is 34.2 Å². The molecule has 1 unspecified atom stereocenters. The molecule has 2 aromatic heterocycles. The molecular formula is C20H24N4OS3. The van der Waals surface area contributed by atoms with Gasteiger partial charge in [0.25, 0.3) is 0 Å². The van der Waals surface area contributed by atoms with Gasteiger partial charge in [0, 0.05) is 10.6 Å². The first-order chi connectivity index (χ1) is 13.6. The molecule has 8 heteroatoms. The van der Waals surface area contributed by atoms with Crippen molar-refractivity contribution in [1.82, 2.24) is 15.5 Å². The van der Waals surface area contributed by atoms with Gasteiger partial charge in [-0.2, -0.15) is 0 Å². The summed E-state index contributed by atoms with van der Waals surface area (Å²) in [6.45, 7) is 6.30. The lowest BCUT2D eigenvalue weighted by molar-refractivity contribution is -0.119. The van der Waals surface area contributed by atoms with Crippen LogP contribution in [0.15, 0.2) is 40.1 Å². The molecule has 148 valence electrons. The molecule has 0 radical (unpaired) electrons. The van der Waals surface area contributed by atoms with Gasteiger partial charge in [0.2, 0.25) is 11.0 Å². The number of benzene rings is 1. The number of aryl methyl sites for hydroxylation is 2. The van der Waals surface area contributed by atoms with E-state index in [1.54, 1.807) is 11.3 Å². The molecule has 0 spiro atoms. The van der Waals surface area contributed by atoms with Gasteiger partial charge in [-0.3, -0.25) is 4.79 Å². The Balaban J connectivity index is 1.57. The van der Waals surface area contributed by atoms with E-state index in [-0.39, 0.29) is 11.9 Å². The van der Waals surface area contributed by atoms with E-state index in [0.717, 1.165) is 32.9 Å². The maximum atomic E-state index is 12.2. The normalized spacial score (nSPS) is 12.0. The van der Waals surface area contributed by atoms with Crippen molar-refractivity contribution < 1.29 is 4.79 Å². The summed E-state index contributed by atoms with van der Waals surface area (Å²) in [4.78, 5) is 13.4. The fourth-order valence-electron chi connectivity index (χ4n) is 2.85. The Labute approximate surface area is 178 Å². The molecule has 0 aliphatic rings. The van der Waals surface area contributed by atoms with Gasteiger partial charge in [-0.05, 0) is 42.3 Å². The Morgan fingerprint density at radius 1 is 1.14 bits per heavy atom. The van der Waals surface area contributed by atoms with Gasteiger partial charge in [-0.15, -0.1) is 21.5 Å². The van der Waals surface area contributed by atoms with Gasteiger partial charge in [-0.25, -0.2) is 0 Å². The Morgan fingerprint density at radius 2 is 1.89 bits per heavy atom. The second-order valence-corrected chi connectivity index (χ2v) is 9.43. The first-order valence-electron chi connectivity index (χ1n) is 9.27. The maximum Gasteiger partial charge on any atom is 0.230 e. The number of anilines is 2. The van der Waals surface area contributed by atoms with Crippen LogP contribution in [0.2, 0.25) is 0 Å². The monoisotopic (exact) mass is 432 g/mol. The van der Waals surface area contributed by atoms with E-state index in [4.69, 9.17) is 0 Å². The zero-order valence-electron chi connectivity index (χ0n) is 16.2. The molecule has 2 N–H and O–H groups in total. The minimum Gasteiger partial charge on any atom is -0.348 e. The van der Waals surface area contributed by atoms with E-state index < -0.39 is 0 Å². The summed E-state index contributed by atoms with van der Waals surface area (Å²) in [6.07, 6.45) is 1.92. The molecule has 3 rings (SSSR count). The van der Waals surface area contributed by atoms with Crippen molar-refractivity contribution in [2.24, 2.45) is 0 Å². The number of hydrogen-bond acceptors (Lipinski definition) is 7. The number of carbonyl (C=O) groups is 1. The fourth-order valence-corrected chi connectivity index (χ4v) is 5.15. The first kappa shape index (κ1) is 20.8. The first-order valence-corrected chi connectivity index (χ1v) is 12.0. The third-order valence-electron chi connectivity index (χ3n) is 4.31. The summed E-state index contributed by atoms with van der Waals surface area (Å²) in [5.74, 6) is 0.330. The third kappa shape index (κ3) is 5.33. The predicted molar refractivity (Wildman–Crippen MR) is 120 cm³/mol. The Bertz CT molecular complexity index is 886. The van der Waals surface area contributed by atoms with Gasteiger partial charge in [-0.1, -0.05) is 61.2 Å². The number of rotatable bonds is 9. The van der Waals surface area contributed by atoms with Crippen molar-refractivity contribution in [1.29, 1.82) is 0 Å². The van der Waals surface area contributed by atoms with Crippen LogP contribution in [0.4, 0.5) is 10.8 Å². The largest absolute Gasteiger partial charge is 0.348 e.